The zero-order chi connectivity index (χ0) is 18.5. The molecule has 1 amide bonds. The molecule has 1 aliphatic heterocycles. The third kappa shape index (κ3) is 4.93. The number of amides is 1. The lowest BCUT2D eigenvalue weighted by atomic mass is 9.94. The highest BCUT2D eigenvalue weighted by molar-refractivity contribution is 5.92. The number of hydrogen-bond acceptors (Lipinski definition) is 4. The van der Waals surface area contributed by atoms with Gasteiger partial charge < -0.3 is 10.2 Å². The van der Waals surface area contributed by atoms with Gasteiger partial charge in [-0.05, 0) is 44.6 Å². The molecular weight excluding hydrogens is 326 g/mol. The number of rotatable bonds is 6. The molecule has 1 saturated heterocycles. The van der Waals surface area contributed by atoms with Crippen LogP contribution in [-0.4, -0.2) is 52.7 Å². The average Bonchev–Trinajstić information content (AvgIpc) is 3.00. The first-order valence-corrected chi connectivity index (χ1v) is 9.27. The molecule has 2 heterocycles. The second kappa shape index (κ2) is 8.47. The summed E-state index contributed by atoms with van der Waals surface area (Å²) in [7, 11) is 6.01. The molecule has 140 valence electrons. The molecular formula is C20H29N5O. The quantitative estimate of drug-likeness (QED) is 0.865. The lowest BCUT2D eigenvalue weighted by Crippen LogP contribution is -2.39. The predicted octanol–water partition coefficient (Wildman–Crippen LogP) is 2.65. The van der Waals surface area contributed by atoms with E-state index < -0.39 is 0 Å². The molecule has 0 bridgehead atoms. The number of benzene rings is 1. The molecule has 1 aromatic carbocycles. The highest BCUT2D eigenvalue weighted by Gasteiger charge is 2.25. The minimum Gasteiger partial charge on any atom is -0.322 e. The zero-order valence-corrected chi connectivity index (χ0v) is 16.0. The molecule has 0 unspecified atom stereocenters. The highest BCUT2D eigenvalue weighted by Crippen LogP contribution is 2.31. The summed E-state index contributed by atoms with van der Waals surface area (Å²) in [5.74, 6) is 0.0223. The molecule has 1 N–H and O–H groups in total. The van der Waals surface area contributed by atoms with E-state index in [9.17, 15) is 4.79 Å². The van der Waals surface area contributed by atoms with Gasteiger partial charge in [-0.25, -0.2) is 0 Å². The molecule has 1 aromatic heterocycles. The first-order valence-electron chi connectivity index (χ1n) is 9.27. The van der Waals surface area contributed by atoms with Gasteiger partial charge in [0.25, 0.3) is 0 Å². The van der Waals surface area contributed by atoms with Crippen LogP contribution >= 0.6 is 0 Å². The fourth-order valence-corrected chi connectivity index (χ4v) is 3.64. The molecule has 2 aromatic rings. The third-order valence-corrected chi connectivity index (χ3v) is 4.81. The van der Waals surface area contributed by atoms with E-state index in [1.807, 2.05) is 13.2 Å². The summed E-state index contributed by atoms with van der Waals surface area (Å²) in [4.78, 5) is 16.9. The standard InChI is InChI=1S/C20H29N5O/c1-23(2)13-16-7-9-17(10-8-16)19-6-4-5-11-25(19)15-20(26)22-18-12-21-24(3)14-18/h7-10,12,14,19H,4-6,11,13,15H2,1-3H3,(H,22,26)/t19-/m0/s1. The van der Waals surface area contributed by atoms with Crippen LogP contribution in [-0.2, 0) is 18.4 Å². The number of hydrogen-bond donors (Lipinski definition) is 1. The van der Waals surface area contributed by atoms with Gasteiger partial charge >= 0.3 is 0 Å². The Morgan fingerprint density at radius 2 is 2.04 bits per heavy atom. The van der Waals surface area contributed by atoms with Crippen molar-refractivity contribution in [3.05, 3.63) is 47.8 Å². The minimum absolute atomic E-state index is 0.0223. The van der Waals surface area contributed by atoms with E-state index >= 15 is 0 Å². The maximum Gasteiger partial charge on any atom is 0.238 e. The smallest absolute Gasteiger partial charge is 0.238 e. The molecule has 26 heavy (non-hydrogen) atoms. The second-order valence-corrected chi connectivity index (χ2v) is 7.41. The normalized spacial score (nSPS) is 18.2. The van der Waals surface area contributed by atoms with Gasteiger partial charge in [0.05, 0.1) is 18.4 Å². The SMILES string of the molecule is CN(C)Cc1ccc([C@@H]2CCCCN2CC(=O)Nc2cnn(C)c2)cc1. The monoisotopic (exact) mass is 355 g/mol. The molecule has 3 rings (SSSR count). The van der Waals surface area contributed by atoms with E-state index in [-0.39, 0.29) is 5.91 Å². The summed E-state index contributed by atoms with van der Waals surface area (Å²) in [6.07, 6.45) is 6.96. The zero-order valence-electron chi connectivity index (χ0n) is 16.0. The number of aromatic nitrogens is 2. The first kappa shape index (κ1) is 18.6. The van der Waals surface area contributed by atoms with Crippen molar-refractivity contribution in [3.63, 3.8) is 0 Å². The Bertz CT molecular complexity index is 722. The van der Waals surface area contributed by atoms with Crippen LogP contribution in [0.2, 0.25) is 0 Å². The van der Waals surface area contributed by atoms with Crippen LogP contribution in [0.15, 0.2) is 36.7 Å². The molecule has 6 nitrogen and oxygen atoms in total. The van der Waals surface area contributed by atoms with Crippen LogP contribution in [0.25, 0.3) is 0 Å². The van der Waals surface area contributed by atoms with Crippen molar-refractivity contribution in [2.45, 2.75) is 31.8 Å². The molecule has 1 atom stereocenters. The van der Waals surface area contributed by atoms with Gasteiger partial charge in [0.2, 0.25) is 5.91 Å². The van der Waals surface area contributed by atoms with Gasteiger partial charge in [0.1, 0.15) is 0 Å². The molecule has 0 spiro atoms. The van der Waals surface area contributed by atoms with Crippen molar-refractivity contribution < 1.29 is 4.79 Å². The van der Waals surface area contributed by atoms with Gasteiger partial charge in [-0.3, -0.25) is 14.4 Å². The van der Waals surface area contributed by atoms with Gasteiger partial charge in [-0.15, -0.1) is 0 Å². The van der Waals surface area contributed by atoms with Crippen LogP contribution in [0.5, 0.6) is 0 Å². The fraction of sp³-hybridized carbons (Fsp3) is 0.500. The largest absolute Gasteiger partial charge is 0.322 e. The van der Waals surface area contributed by atoms with E-state index in [2.05, 4.69) is 58.6 Å². The Labute approximate surface area is 155 Å². The predicted molar refractivity (Wildman–Crippen MR) is 104 cm³/mol. The van der Waals surface area contributed by atoms with E-state index in [0.717, 1.165) is 31.6 Å². The maximum atomic E-state index is 12.4. The van der Waals surface area contributed by atoms with E-state index in [1.54, 1.807) is 10.9 Å². The third-order valence-electron chi connectivity index (χ3n) is 4.81. The fourth-order valence-electron chi connectivity index (χ4n) is 3.64. The topological polar surface area (TPSA) is 53.4 Å². The summed E-state index contributed by atoms with van der Waals surface area (Å²) >= 11 is 0. The van der Waals surface area contributed by atoms with Gasteiger partial charge in [-0.1, -0.05) is 30.7 Å². The van der Waals surface area contributed by atoms with Crippen molar-refractivity contribution in [3.8, 4) is 0 Å². The summed E-state index contributed by atoms with van der Waals surface area (Å²) in [5.41, 5.74) is 3.37. The maximum absolute atomic E-state index is 12.4. The number of nitrogens with zero attached hydrogens (tertiary/aromatic N) is 4. The van der Waals surface area contributed by atoms with Gasteiger partial charge in [0, 0.05) is 25.8 Å². The molecule has 6 heteroatoms. The number of carbonyl (C=O) groups is 1. The van der Waals surface area contributed by atoms with E-state index in [4.69, 9.17) is 0 Å². The number of carbonyl (C=O) groups excluding carboxylic acids is 1. The Kier molecular flexibility index (Phi) is 6.06. The summed E-state index contributed by atoms with van der Waals surface area (Å²) in [6.45, 7) is 2.33. The Balaban J connectivity index is 1.64. The van der Waals surface area contributed by atoms with Crippen LogP contribution in [0.4, 0.5) is 5.69 Å². The molecule has 1 aliphatic rings. The molecule has 1 fully saturated rings. The Hall–Kier alpha value is -2.18. The van der Waals surface area contributed by atoms with Crippen molar-refractivity contribution in [1.29, 1.82) is 0 Å². The summed E-state index contributed by atoms with van der Waals surface area (Å²) in [5, 5.41) is 7.04. The Morgan fingerprint density at radius 3 is 2.69 bits per heavy atom. The van der Waals surface area contributed by atoms with Crippen LogP contribution in [0.3, 0.4) is 0 Å². The van der Waals surface area contributed by atoms with Crippen LogP contribution in [0, 0.1) is 0 Å². The van der Waals surface area contributed by atoms with Crippen molar-refractivity contribution >= 4 is 11.6 Å². The van der Waals surface area contributed by atoms with Crippen molar-refractivity contribution in [2.24, 2.45) is 7.05 Å². The Morgan fingerprint density at radius 1 is 1.27 bits per heavy atom. The van der Waals surface area contributed by atoms with E-state index in [1.165, 1.54) is 17.5 Å². The van der Waals surface area contributed by atoms with Crippen LogP contribution < -0.4 is 5.32 Å². The number of nitrogens with one attached hydrogen (secondary N) is 1. The molecule has 0 saturated carbocycles. The number of piperidine rings is 1. The van der Waals surface area contributed by atoms with Crippen molar-refractivity contribution in [1.82, 2.24) is 19.6 Å². The molecule has 0 radical (unpaired) electrons. The second-order valence-electron chi connectivity index (χ2n) is 7.41. The lowest BCUT2D eigenvalue weighted by Gasteiger charge is -2.35. The van der Waals surface area contributed by atoms with Crippen molar-refractivity contribution in [2.75, 3.05) is 32.5 Å². The number of likely N-dealkylation sites (tertiary alicyclic amines) is 1. The molecule has 0 aliphatic carbocycles. The van der Waals surface area contributed by atoms with Gasteiger partial charge in [0.15, 0.2) is 0 Å². The number of anilines is 1. The summed E-state index contributed by atoms with van der Waals surface area (Å²) in [6, 6.07) is 9.17. The van der Waals surface area contributed by atoms with E-state index in [0.29, 0.717) is 12.6 Å². The van der Waals surface area contributed by atoms with Gasteiger partial charge in [-0.2, -0.15) is 5.10 Å². The minimum atomic E-state index is 0.0223. The average molecular weight is 355 g/mol. The number of aryl methyl sites for hydroxylation is 1. The first-order chi connectivity index (χ1) is 12.5. The summed E-state index contributed by atoms with van der Waals surface area (Å²) < 4.78 is 1.69. The van der Waals surface area contributed by atoms with Crippen LogP contribution in [0.1, 0.15) is 36.4 Å². The lowest BCUT2D eigenvalue weighted by molar-refractivity contribution is -0.118. The highest BCUT2D eigenvalue weighted by atomic mass is 16.2.